The lowest BCUT2D eigenvalue weighted by Crippen LogP contribution is -2.41. The van der Waals surface area contributed by atoms with Crippen molar-refractivity contribution in [2.75, 3.05) is 20.3 Å². The highest BCUT2D eigenvalue weighted by Gasteiger charge is 2.37. The van der Waals surface area contributed by atoms with Crippen LogP contribution in [-0.2, 0) is 4.74 Å². The summed E-state index contributed by atoms with van der Waals surface area (Å²) in [6.07, 6.45) is 10.8. The summed E-state index contributed by atoms with van der Waals surface area (Å²) in [5.41, 5.74) is 0.712. The molecular formula is C14H27NO2. The van der Waals surface area contributed by atoms with Gasteiger partial charge >= 0.3 is 0 Å². The van der Waals surface area contributed by atoms with Crippen LogP contribution in [0.3, 0.4) is 0 Å². The quantitative estimate of drug-likeness (QED) is 0.774. The van der Waals surface area contributed by atoms with Crippen molar-refractivity contribution in [1.82, 2.24) is 5.32 Å². The van der Waals surface area contributed by atoms with E-state index in [1.165, 1.54) is 51.4 Å². The third kappa shape index (κ3) is 3.67. The number of hydrogen-bond donors (Lipinski definition) is 2. The monoisotopic (exact) mass is 241 g/mol. The Bertz CT molecular complexity index is 216. The number of aliphatic hydroxyl groups is 1. The average Bonchev–Trinajstić information content (AvgIpc) is 2.78. The molecule has 0 aromatic rings. The molecule has 0 saturated heterocycles. The zero-order valence-corrected chi connectivity index (χ0v) is 11.1. The Morgan fingerprint density at radius 2 is 1.88 bits per heavy atom. The minimum atomic E-state index is -0.359. The van der Waals surface area contributed by atoms with E-state index in [9.17, 15) is 5.11 Å². The van der Waals surface area contributed by atoms with E-state index >= 15 is 0 Å². The zero-order valence-electron chi connectivity index (χ0n) is 11.1. The number of aliphatic hydroxyl groups excluding tert-OH is 1. The van der Waals surface area contributed by atoms with Gasteiger partial charge in [-0.3, -0.25) is 0 Å². The highest BCUT2D eigenvalue weighted by atomic mass is 16.5. The van der Waals surface area contributed by atoms with E-state index in [-0.39, 0.29) is 6.10 Å². The first kappa shape index (κ1) is 13.3. The van der Waals surface area contributed by atoms with Crippen molar-refractivity contribution in [1.29, 1.82) is 0 Å². The van der Waals surface area contributed by atoms with E-state index in [4.69, 9.17) is 4.74 Å². The van der Waals surface area contributed by atoms with Crippen LogP contribution < -0.4 is 5.32 Å². The molecule has 1 spiro atoms. The number of rotatable bonds is 5. The van der Waals surface area contributed by atoms with Gasteiger partial charge in [-0.25, -0.2) is 0 Å². The Morgan fingerprint density at radius 1 is 1.24 bits per heavy atom. The van der Waals surface area contributed by atoms with Gasteiger partial charge in [0.25, 0.3) is 0 Å². The van der Waals surface area contributed by atoms with Crippen molar-refractivity contribution in [3.63, 3.8) is 0 Å². The van der Waals surface area contributed by atoms with E-state index < -0.39 is 0 Å². The summed E-state index contributed by atoms with van der Waals surface area (Å²) in [5.74, 6) is 0. The fraction of sp³-hybridized carbons (Fsp3) is 1.00. The zero-order chi connectivity index (χ0) is 12.1. The van der Waals surface area contributed by atoms with Gasteiger partial charge in [-0.1, -0.05) is 12.8 Å². The Balaban J connectivity index is 1.65. The second-order valence-corrected chi connectivity index (χ2v) is 6.00. The molecule has 0 aromatic heterocycles. The van der Waals surface area contributed by atoms with E-state index in [2.05, 4.69) is 5.32 Å². The van der Waals surface area contributed by atoms with Crippen LogP contribution in [0.25, 0.3) is 0 Å². The van der Waals surface area contributed by atoms with E-state index in [0.29, 0.717) is 24.6 Å². The number of nitrogens with one attached hydrogen (secondary N) is 1. The van der Waals surface area contributed by atoms with Gasteiger partial charge in [-0.2, -0.15) is 0 Å². The van der Waals surface area contributed by atoms with Crippen molar-refractivity contribution >= 4 is 0 Å². The van der Waals surface area contributed by atoms with Gasteiger partial charge in [0, 0.05) is 19.7 Å². The van der Waals surface area contributed by atoms with E-state index in [0.717, 1.165) is 0 Å². The van der Waals surface area contributed by atoms with Crippen LogP contribution in [-0.4, -0.2) is 37.5 Å². The summed E-state index contributed by atoms with van der Waals surface area (Å²) in [6, 6.07) is 0.618. The Labute approximate surface area is 105 Å². The molecule has 0 heterocycles. The first-order chi connectivity index (χ1) is 8.24. The smallest absolute Gasteiger partial charge is 0.0897 e. The molecule has 3 nitrogen and oxygen atoms in total. The summed E-state index contributed by atoms with van der Waals surface area (Å²) < 4.78 is 4.93. The average molecular weight is 241 g/mol. The fourth-order valence-corrected chi connectivity index (χ4v) is 3.61. The van der Waals surface area contributed by atoms with Gasteiger partial charge in [-0.05, 0) is 43.9 Å². The number of methoxy groups -OCH3 is 1. The molecule has 1 unspecified atom stereocenters. The van der Waals surface area contributed by atoms with Crippen LogP contribution >= 0.6 is 0 Å². The topological polar surface area (TPSA) is 41.5 Å². The lowest BCUT2D eigenvalue weighted by Gasteiger charge is -2.37. The maximum absolute atomic E-state index is 9.60. The first-order valence-electron chi connectivity index (χ1n) is 7.14. The van der Waals surface area contributed by atoms with Crippen LogP contribution in [0.4, 0.5) is 0 Å². The van der Waals surface area contributed by atoms with E-state index in [1.807, 2.05) is 0 Å². The second kappa shape index (κ2) is 6.17. The molecule has 0 amide bonds. The molecule has 2 N–H and O–H groups in total. The maximum atomic E-state index is 9.60. The highest BCUT2D eigenvalue weighted by Crippen LogP contribution is 2.48. The van der Waals surface area contributed by atoms with Gasteiger partial charge in [0.15, 0.2) is 0 Å². The summed E-state index contributed by atoms with van der Waals surface area (Å²) in [5, 5.41) is 13.1. The molecule has 2 saturated carbocycles. The number of ether oxygens (including phenoxy) is 1. The number of hydrogen-bond acceptors (Lipinski definition) is 3. The standard InChI is InChI=1S/C14H27NO2/c1-17-11-13(16)10-15-12-4-8-14(9-5-12)6-2-3-7-14/h12-13,15-16H,2-11H2,1H3. The molecule has 2 rings (SSSR count). The molecule has 17 heavy (non-hydrogen) atoms. The molecule has 1 atom stereocenters. The molecular weight excluding hydrogens is 214 g/mol. The summed E-state index contributed by atoms with van der Waals surface area (Å²) >= 11 is 0. The third-order valence-electron chi connectivity index (χ3n) is 4.71. The van der Waals surface area contributed by atoms with Crippen LogP contribution in [0, 0.1) is 5.41 Å². The molecule has 0 radical (unpaired) electrons. The fourth-order valence-electron chi connectivity index (χ4n) is 3.61. The summed E-state index contributed by atoms with van der Waals surface area (Å²) in [4.78, 5) is 0. The van der Waals surface area contributed by atoms with Gasteiger partial charge < -0.3 is 15.2 Å². The molecule has 0 aromatic carbocycles. The molecule has 2 fully saturated rings. The van der Waals surface area contributed by atoms with Crippen molar-refractivity contribution in [2.24, 2.45) is 5.41 Å². The van der Waals surface area contributed by atoms with Crippen molar-refractivity contribution < 1.29 is 9.84 Å². The van der Waals surface area contributed by atoms with Crippen LogP contribution in [0.15, 0.2) is 0 Å². The predicted octanol–water partition coefficient (Wildman–Crippen LogP) is 2.09. The van der Waals surface area contributed by atoms with Gasteiger partial charge in [0.2, 0.25) is 0 Å². The SMILES string of the molecule is COCC(O)CNC1CCC2(CCCC2)CC1. The largest absolute Gasteiger partial charge is 0.389 e. The van der Waals surface area contributed by atoms with Gasteiger partial charge in [0.1, 0.15) is 0 Å². The van der Waals surface area contributed by atoms with Crippen molar-refractivity contribution in [3.05, 3.63) is 0 Å². The molecule has 3 heteroatoms. The molecule has 0 aliphatic heterocycles. The highest BCUT2D eigenvalue weighted by molar-refractivity contribution is 4.91. The Hall–Kier alpha value is -0.120. The molecule has 100 valence electrons. The van der Waals surface area contributed by atoms with Crippen LogP contribution in [0.2, 0.25) is 0 Å². The lowest BCUT2D eigenvalue weighted by molar-refractivity contribution is 0.0594. The Morgan fingerprint density at radius 3 is 2.47 bits per heavy atom. The summed E-state index contributed by atoms with van der Waals surface area (Å²) in [7, 11) is 1.63. The van der Waals surface area contributed by atoms with Crippen molar-refractivity contribution in [3.8, 4) is 0 Å². The van der Waals surface area contributed by atoms with Crippen molar-refractivity contribution in [2.45, 2.75) is 63.5 Å². The van der Waals surface area contributed by atoms with Crippen LogP contribution in [0.1, 0.15) is 51.4 Å². The molecule has 2 aliphatic rings. The second-order valence-electron chi connectivity index (χ2n) is 6.00. The Kier molecular flexibility index (Phi) is 4.83. The summed E-state index contributed by atoms with van der Waals surface area (Å²) in [6.45, 7) is 1.11. The minimum absolute atomic E-state index is 0.359. The molecule has 2 aliphatic carbocycles. The van der Waals surface area contributed by atoms with E-state index in [1.54, 1.807) is 7.11 Å². The third-order valence-corrected chi connectivity index (χ3v) is 4.71. The maximum Gasteiger partial charge on any atom is 0.0897 e. The predicted molar refractivity (Wildman–Crippen MR) is 69.0 cm³/mol. The van der Waals surface area contributed by atoms with Gasteiger partial charge in [0.05, 0.1) is 12.7 Å². The normalized spacial score (nSPS) is 26.5. The minimum Gasteiger partial charge on any atom is -0.389 e. The molecule has 0 bridgehead atoms. The first-order valence-corrected chi connectivity index (χ1v) is 7.14. The lowest BCUT2D eigenvalue weighted by atomic mass is 9.71. The van der Waals surface area contributed by atoms with Gasteiger partial charge in [-0.15, -0.1) is 0 Å². The van der Waals surface area contributed by atoms with Crippen LogP contribution in [0.5, 0.6) is 0 Å².